The Balaban J connectivity index is 1.67. The SMILES string of the molecule is Cc1ccccc1-c1ccc(C2=N[C@@H](C)c3nnc(C)n3-c3sc(C)c(C)c32)cc1. The molecule has 0 aliphatic carbocycles. The van der Waals surface area contributed by atoms with Crippen molar-refractivity contribution in [3.63, 3.8) is 0 Å². The van der Waals surface area contributed by atoms with Crippen molar-refractivity contribution in [2.45, 2.75) is 40.7 Å². The van der Waals surface area contributed by atoms with Crippen LogP contribution in [0.4, 0.5) is 0 Å². The Hall–Kier alpha value is -3.05. The smallest absolute Gasteiger partial charge is 0.162 e. The Bertz CT molecular complexity index is 1290. The molecule has 0 N–H and O–H groups in total. The van der Waals surface area contributed by atoms with Crippen molar-refractivity contribution in [1.82, 2.24) is 14.8 Å². The lowest BCUT2D eigenvalue weighted by atomic mass is 9.95. The van der Waals surface area contributed by atoms with Gasteiger partial charge < -0.3 is 0 Å². The topological polar surface area (TPSA) is 43.1 Å². The van der Waals surface area contributed by atoms with E-state index < -0.39 is 0 Å². The van der Waals surface area contributed by atoms with E-state index in [0.29, 0.717) is 0 Å². The fraction of sp³-hybridized carbons (Fsp3) is 0.240. The molecule has 0 radical (unpaired) electrons. The van der Waals surface area contributed by atoms with Crippen molar-refractivity contribution >= 4 is 17.0 Å². The van der Waals surface area contributed by atoms with Crippen LogP contribution in [0.3, 0.4) is 0 Å². The van der Waals surface area contributed by atoms with Crippen LogP contribution < -0.4 is 0 Å². The lowest BCUT2D eigenvalue weighted by Gasteiger charge is -2.11. The zero-order valence-electron chi connectivity index (χ0n) is 17.9. The van der Waals surface area contributed by atoms with Gasteiger partial charge in [0.05, 0.1) is 5.71 Å². The van der Waals surface area contributed by atoms with Crippen molar-refractivity contribution in [3.8, 4) is 16.1 Å². The number of nitrogens with zero attached hydrogens (tertiary/aromatic N) is 4. The Morgan fingerprint density at radius 1 is 0.867 bits per heavy atom. The summed E-state index contributed by atoms with van der Waals surface area (Å²) < 4.78 is 2.18. The van der Waals surface area contributed by atoms with Crippen molar-refractivity contribution in [1.29, 1.82) is 0 Å². The van der Waals surface area contributed by atoms with E-state index in [1.165, 1.54) is 37.7 Å². The number of aliphatic imine (C=N–C) groups is 1. The van der Waals surface area contributed by atoms with E-state index in [2.05, 4.69) is 91.0 Å². The molecule has 1 atom stereocenters. The summed E-state index contributed by atoms with van der Waals surface area (Å²) in [7, 11) is 0. The number of thiophene rings is 1. The maximum absolute atomic E-state index is 5.14. The third kappa shape index (κ3) is 2.84. The summed E-state index contributed by atoms with van der Waals surface area (Å²) in [6.45, 7) is 10.6. The van der Waals surface area contributed by atoms with Gasteiger partial charge in [-0.25, -0.2) is 0 Å². The molecular weight excluding hydrogens is 388 g/mol. The van der Waals surface area contributed by atoms with Crippen LogP contribution in [0.5, 0.6) is 0 Å². The summed E-state index contributed by atoms with van der Waals surface area (Å²) in [6.07, 6.45) is 0. The normalized spacial score (nSPS) is 15.4. The first-order valence-electron chi connectivity index (χ1n) is 10.2. The first kappa shape index (κ1) is 18.9. The summed E-state index contributed by atoms with van der Waals surface area (Å²) in [5, 5.41) is 9.94. The third-order valence-electron chi connectivity index (χ3n) is 5.97. The zero-order chi connectivity index (χ0) is 21.0. The second-order valence-electron chi connectivity index (χ2n) is 7.95. The molecular formula is C25H24N4S. The molecule has 2 aromatic carbocycles. The van der Waals surface area contributed by atoms with Gasteiger partial charge in [0.15, 0.2) is 5.82 Å². The quantitative estimate of drug-likeness (QED) is 0.397. The fourth-order valence-corrected chi connectivity index (χ4v) is 5.40. The molecule has 5 heteroatoms. The van der Waals surface area contributed by atoms with E-state index in [1.54, 1.807) is 11.3 Å². The molecule has 0 fully saturated rings. The van der Waals surface area contributed by atoms with Crippen molar-refractivity contribution in [2.75, 3.05) is 0 Å². The molecule has 0 amide bonds. The lowest BCUT2D eigenvalue weighted by molar-refractivity contribution is 0.724. The predicted molar refractivity (Wildman–Crippen MR) is 124 cm³/mol. The Morgan fingerprint density at radius 3 is 2.30 bits per heavy atom. The molecule has 0 bridgehead atoms. The zero-order valence-corrected chi connectivity index (χ0v) is 18.7. The standard InChI is InChI=1S/C25H24N4S/c1-14-8-6-7-9-21(14)19-10-12-20(13-11-19)23-22-15(2)17(4)30-25(22)29-18(5)27-28-24(29)16(3)26-23/h6-13,16H,1-5H3/t16-/m0/s1. The highest BCUT2D eigenvalue weighted by Crippen LogP contribution is 2.38. The summed E-state index contributed by atoms with van der Waals surface area (Å²) in [5.74, 6) is 1.81. The molecule has 150 valence electrons. The molecule has 4 nitrogen and oxygen atoms in total. The molecule has 0 saturated heterocycles. The Kier molecular flexibility index (Phi) is 4.44. The monoisotopic (exact) mass is 412 g/mol. The van der Waals surface area contributed by atoms with Gasteiger partial charge in [-0.1, -0.05) is 48.5 Å². The van der Waals surface area contributed by atoms with Crippen LogP contribution in [0.25, 0.3) is 16.1 Å². The number of benzene rings is 2. The van der Waals surface area contributed by atoms with Crippen molar-refractivity contribution in [2.24, 2.45) is 4.99 Å². The predicted octanol–water partition coefficient (Wildman–Crippen LogP) is 6.14. The second kappa shape index (κ2) is 7.03. The van der Waals surface area contributed by atoms with E-state index in [-0.39, 0.29) is 6.04 Å². The highest BCUT2D eigenvalue weighted by molar-refractivity contribution is 7.15. The average Bonchev–Trinajstić information content (AvgIpc) is 3.22. The molecule has 2 aromatic heterocycles. The Labute approximate surface area is 181 Å². The number of hydrogen-bond acceptors (Lipinski definition) is 4. The minimum atomic E-state index is -0.0587. The molecule has 5 rings (SSSR count). The van der Waals surface area contributed by atoms with Gasteiger partial charge in [0.1, 0.15) is 16.9 Å². The van der Waals surface area contributed by atoms with Gasteiger partial charge in [0.2, 0.25) is 0 Å². The van der Waals surface area contributed by atoms with Crippen LogP contribution in [-0.4, -0.2) is 20.5 Å². The van der Waals surface area contributed by atoms with Gasteiger partial charge in [-0.05, 0) is 56.9 Å². The highest BCUT2D eigenvalue weighted by Gasteiger charge is 2.29. The van der Waals surface area contributed by atoms with E-state index in [0.717, 1.165) is 22.9 Å². The van der Waals surface area contributed by atoms with E-state index >= 15 is 0 Å². The highest BCUT2D eigenvalue weighted by atomic mass is 32.1. The molecule has 1 aliphatic rings. The van der Waals surface area contributed by atoms with Crippen LogP contribution in [0.1, 0.15) is 51.7 Å². The van der Waals surface area contributed by atoms with Gasteiger partial charge in [0, 0.05) is 16.0 Å². The number of aromatic nitrogens is 3. The number of rotatable bonds is 2. The largest absolute Gasteiger partial charge is 0.273 e. The average molecular weight is 413 g/mol. The molecule has 3 heterocycles. The van der Waals surface area contributed by atoms with E-state index in [4.69, 9.17) is 4.99 Å². The molecule has 0 unspecified atom stereocenters. The van der Waals surface area contributed by atoms with Crippen molar-refractivity contribution < 1.29 is 0 Å². The number of aryl methyl sites for hydroxylation is 3. The van der Waals surface area contributed by atoms with Crippen LogP contribution in [0.2, 0.25) is 0 Å². The van der Waals surface area contributed by atoms with E-state index in [9.17, 15) is 0 Å². The summed E-state index contributed by atoms with van der Waals surface area (Å²) in [4.78, 5) is 6.44. The van der Waals surface area contributed by atoms with Crippen LogP contribution in [0.15, 0.2) is 53.5 Å². The fourth-order valence-electron chi connectivity index (χ4n) is 4.18. The van der Waals surface area contributed by atoms with Gasteiger partial charge in [-0.3, -0.25) is 9.56 Å². The van der Waals surface area contributed by atoms with E-state index in [1.807, 2.05) is 6.92 Å². The molecule has 1 aliphatic heterocycles. The summed E-state index contributed by atoms with van der Waals surface area (Å²) in [6, 6.07) is 17.2. The van der Waals surface area contributed by atoms with Gasteiger partial charge >= 0.3 is 0 Å². The maximum atomic E-state index is 5.14. The van der Waals surface area contributed by atoms with Crippen LogP contribution in [0, 0.1) is 27.7 Å². The molecule has 0 saturated carbocycles. The van der Waals surface area contributed by atoms with Gasteiger partial charge in [-0.2, -0.15) is 0 Å². The minimum Gasteiger partial charge on any atom is -0.273 e. The van der Waals surface area contributed by atoms with Crippen LogP contribution >= 0.6 is 11.3 Å². The minimum absolute atomic E-state index is 0.0587. The first-order valence-corrected chi connectivity index (χ1v) is 11.0. The Morgan fingerprint density at radius 2 is 1.57 bits per heavy atom. The van der Waals surface area contributed by atoms with Crippen LogP contribution in [-0.2, 0) is 0 Å². The second-order valence-corrected chi connectivity index (χ2v) is 9.15. The summed E-state index contributed by atoms with van der Waals surface area (Å²) >= 11 is 1.80. The summed E-state index contributed by atoms with van der Waals surface area (Å²) in [5.41, 5.74) is 8.44. The lowest BCUT2D eigenvalue weighted by Crippen LogP contribution is -2.07. The maximum Gasteiger partial charge on any atom is 0.162 e. The number of fused-ring (bicyclic) bond motifs is 3. The first-order chi connectivity index (χ1) is 14.5. The number of hydrogen-bond donors (Lipinski definition) is 0. The molecule has 30 heavy (non-hydrogen) atoms. The van der Waals surface area contributed by atoms with Crippen molar-refractivity contribution in [3.05, 3.63) is 87.3 Å². The molecule has 0 spiro atoms. The third-order valence-corrected chi connectivity index (χ3v) is 7.16. The van der Waals surface area contributed by atoms with Gasteiger partial charge in [-0.15, -0.1) is 21.5 Å². The van der Waals surface area contributed by atoms with Gasteiger partial charge in [0.25, 0.3) is 0 Å². The molecule has 4 aromatic rings.